The highest BCUT2D eigenvalue weighted by Crippen LogP contribution is 2.29. The highest BCUT2D eigenvalue weighted by atomic mass is 35.5. The van der Waals surface area contributed by atoms with Gasteiger partial charge in [0.2, 0.25) is 0 Å². The van der Waals surface area contributed by atoms with Gasteiger partial charge in [-0.15, -0.1) is 16.4 Å². The molecule has 22 heavy (non-hydrogen) atoms. The zero-order chi connectivity index (χ0) is 15.7. The molecular weight excluding hydrogens is 324 g/mol. The number of hydrogen-bond acceptors (Lipinski definition) is 6. The van der Waals surface area contributed by atoms with Crippen LogP contribution in [0, 0.1) is 13.8 Å². The zero-order valence-corrected chi connectivity index (χ0v) is 13.3. The number of nitrogens with zero attached hydrogens (tertiary/aromatic N) is 3. The first-order valence-corrected chi connectivity index (χ1v) is 7.58. The minimum atomic E-state index is -0.405. The first-order chi connectivity index (χ1) is 10.5. The Balaban J connectivity index is 1.82. The van der Waals surface area contributed by atoms with Crippen LogP contribution in [0.1, 0.15) is 21.1 Å². The molecule has 0 unspecified atom stereocenters. The maximum atomic E-state index is 12.1. The molecule has 2 heterocycles. The lowest BCUT2D eigenvalue weighted by Crippen LogP contribution is -2.12. The second-order valence-electron chi connectivity index (χ2n) is 4.49. The average Bonchev–Trinajstić information content (AvgIpc) is 3.05. The fraction of sp³-hybridized carbons (Fsp3) is 0.143. The molecule has 8 heteroatoms. The minimum Gasteiger partial charge on any atom is -0.402 e. The number of halogens is 1. The number of thiazole rings is 1. The Morgan fingerprint density at radius 2 is 2.05 bits per heavy atom. The number of anilines is 1. The van der Waals surface area contributed by atoms with E-state index in [1.807, 2.05) is 13.8 Å². The van der Waals surface area contributed by atoms with Crippen molar-refractivity contribution in [1.29, 1.82) is 0 Å². The van der Waals surface area contributed by atoms with Crippen LogP contribution in [0.25, 0.3) is 10.8 Å². The van der Waals surface area contributed by atoms with E-state index in [1.54, 1.807) is 24.3 Å². The number of hydrogen-bond donors (Lipinski definition) is 1. The SMILES string of the molecule is Cc1nc(C)c(-c2nnc(NC(=O)c3ccccc3Cl)o2)s1. The number of amides is 1. The van der Waals surface area contributed by atoms with Gasteiger partial charge in [-0.05, 0) is 26.0 Å². The first kappa shape index (κ1) is 14.7. The highest BCUT2D eigenvalue weighted by molar-refractivity contribution is 7.15. The average molecular weight is 335 g/mol. The summed E-state index contributed by atoms with van der Waals surface area (Å²) >= 11 is 7.43. The van der Waals surface area contributed by atoms with Crippen LogP contribution < -0.4 is 5.32 Å². The van der Waals surface area contributed by atoms with Gasteiger partial charge in [0.05, 0.1) is 21.3 Å². The maximum absolute atomic E-state index is 12.1. The van der Waals surface area contributed by atoms with Crippen molar-refractivity contribution in [2.45, 2.75) is 13.8 Å². The Kier molecular flexibility index (Phi) is 3.91. The van der Waals surface area contributed by atoms with Gasteiger partial charge in [-0.2, -0.15) is 0 Å². The van der Waals surface area contributed by atoms with E-state index in [0.29, 0.717) is 16.5 Å². The normalized spacial score (nSPS) is 10.7. The lowest BCUT2D eigenvalue weighted by atomic mass is 10.2. The molecule has 0 aliphatic rings. The molecule has 0 aliphatic carbocycles. The monoisotopic (exact) mass is 334 g/mol. The second kappa shape index (κ2) is 5.86. The van der Waals surface area contributed by atoms with E-state index in [1.165, 1.54) is 11.3 Å². The van der Waals surface area contributed by atoms with Crippen LogP contribution in [0.5, 0.6) is 0 Å². The van der Waals surface area contributed by atoms with E-state index in [0.717, 1.165) is 15.6 Å². The van der Waals surface area contributed by atoms with Crippen molar-refractivity contribution in [3.05, 3.63) is 45.6 Å². The quantitative estimate of drug-likeness (QED) is 0.789. The molecule has 112 valence electrons. The van der Waals surface area contributed by atoms with Gasteiger partial charge >= 0.3 is 6.01 Å². The summed E-state index contributed by atoms with van der Waals surface area (Å²) in [6.07, 6.45) is 0. The number of aryl methyl sites for hydroxylation is 2. The van der Waals surface area contributed by atoms with Crippen LogP contribution >= 0.6 is 22.9 Å². The molecule has 0 spiro atoms. The topological polar surface area (TPSA) is 80.9 Å². The Morgan fingerprint density at radius 3 is 2.73 bits per heavy atom. The summed E-state index contributed by atoms with van der Waals surface area (Å²) in [4.78, 5) is 17.2. The Hall–Kier alpha value is -2.25. The smallest absolute Gasteiger partial charge is 0.322 e. The second-order valence-corrected chi connectivity index (χ2v) is 6.10. The van der Waals surface area contributed by atoms with Gasteiger partial charge in [0.25, 0.3) is 11.8 Å². The fourth-order valence-electron chi connectivity index (χ4n) is 1.91. The number of rotatable bonds is 3. The van der Waals surface area contributed by atoms with Crippen LogP contribution in [0.3, 0.4) is 0 Å². The number of benzene rings is 1. The summed E-state index contributed by atoms with van der Waals surface area (Å²) in [5.74, 6) is -0.0736. The van der Waals surface area contributed by atoms with Crippen LogP contribution in [-0.2, 0) is 0 Å². The highest BCUT2D eigenvalue weighted by Gasteiger charge is 2.17. The van der Waals surface area contributed by atoms with Crippen LogP contribution in [0.2, 0.25) is 5.02 Å². The fourth-order valence-corrected chi connectivity index (χ4v) is 2.97. The third kappa shape index (κ3) is 2.86. The number of nitrogens with one attached hydrogen (secondary N) is 1. The third-order valence-corrected chi connectivity index (χ3v) is 4.25. The van der Waals surface area contributed by atoms with Crippen LogP contribution in [0.4, 0.5) is 6.01 Å². The van der Waals surface area contributed by atoms with Gasteiger partial charge in [-0.1, -0.05) is 28.8 Å². The molecule has 0 saturated heterocycles. The molecule has 3 aromatic rings. The third-order valence-electron chi connectivity index (χ3n) is 2.86. The molecule has 0 fully saturated rings. The summed E-state index contributed by atoms with van der Waals surface area (Å²) in [6.45, 7) is 3.77. The van der Waals surface area contributed by atoms with Gasteiger partial charge in [-0.3, -0.25) is 10.1 Å². The van der Waals surface area contributed by atoms with Crippen molar-refractivity contribution in [3.63, 3.8) is 0 Å². The van der Waals surface area contributed by atoms with E-state index < -0.39 is 5.91 Å². The lowest BCUT2D eigenvalue weighted by molar-refractivity contribution is 0.102. The van der Waals surface area contributed by atoms with Crippen molar-refractivity contribution in [3.8, 4) is 10.8 Å². The lowest BCUT2D eigenvalue weighted by Gasteiger charge is -2.02. The Morgan fingerprint density at radius 1 is 1.27 bits per heavy atom. The Labute approximate surface area is 135 Å². The molecular formula is C14H11ClN4O2S. The largest absolute Gasteiger partial charge is 0.402 e. The molecule has 0 bridgehead atoms. The summed E-state index contributed by atoms with van der Waals surface area (Å²) in [5.41, 5.74) is 1.16. The van der Waals surface area contributed by atoms with E-state index in [-0.39, 0.29) is 6.01 Å². The standard InChI is InChI=1S/C14H11ClN4O2S/c1-7-11(22-8(2)16-7)13-18-19-14(21-13)17-12(20)9-5-3-4-6-10(9)15/h3-6H,1-2H3,(H,17,19,20). The van der Waals surface area contributed by atoms with E-state index in [4.69, 9.17) is 16.0 Å². The molecule has 2 aromatic heterocycles. The van der Waals surface area contributed by atoms with E-state index >= 15 is 0 Å². The predicted molar refractivity (Wildman–Crippen MR) is 84.3 cm³/mol. The summed E-state index contributed by atoms with van der Waals surface area (Å²) in [7, 11) is 0. The Bertz CT molecular complexity index is 843. The minimum absolute atomic E-state index is 0.0189. The van der Waals surface area contributed by atoms with Crippen molar-refractivity contribution in [1.82, 2.24) is 15.2 Å². The molecule has 3 rings (SSSR count). The number of carbonyl (C=O) groups excluding carboxylic acids is 1. The number of aromatic nitrogens is 3. The number of carbonyl (C=O) groups is 1. The van der Waals surface area contributed by atoms with Gasteiger partial charge in [0.1, 0.15) is 4.88 Å². The van der Waals surface area contributed by atoms with Crippen LogP contribution in [0.15, 0.2) is 28.7 Å². The first-order valence-electron chi connectivity index (χ1n) is 6.38. The molecule has 0 aliphatic heterocycles. The molecule has 6 nitrogen and oxygen atoms in total. The summed E-state index contributed by atoms with van der Waals surface area (Å²) in [6, 6.07) is 6.75. The predicted octanol–water partition coefficient (Wildman–Crippen LogP) is 3.72. The van der Waals surface area contributed by atoms with Crippen molar-refractivity contribution < 1.29 is 9.21 Å². The van der Waals surface area contributed by atoms with Gasteiger partial charge in [0.15, 0.2) is 0 Å². The van der Waals surface area contributed by atoms with Gasteiger partial charge in [0, 0.05) is 0 Å². The molecule has 1 amide bonds. The summed E-state index contributed by atoms with van der Waals surface area (Å²) in [5, 5.41) is 11.6. The molecule has 0 saturated carbocycles. The van der Waals surface area contributed by atoms with Crippen molar-refractivity contribution >= 4 is 34.9 Å². The van der Waals surface area contributed by atoms with Crippen molar-refractivity contribution in [2.24, 2.45) is 0 Å². The maximum Gasteiger partial charge on any atom is 0.322 e. The van der Waals surface area contributed by atoms with Gasteiger partial charge < -0.3 is 4.42 Å². The molecule has 1 aromatic carbocycles. The van der Waals surface area contributed by atoms with E-state index in [2.05, 4.69) is 20.5 Å². The summed E-state index contributed by atoms with van der Waals surface area (Å²) < 4.78 is 5.47. The molecule has 0 atom stereocenters. The van der Waals surface area contributed by atoms with Gasteiger partial charge in [-0.25, -0.2) is 4.98 Å². The van der Waals surface area contributed by atoms with Crippen molar-refractivity contribution in [2.75, 3.05) is 5.32 Å². The molecule has 1 N–H and O–H groups in total. The van der Waals surface area contributed by atoms with E-state index in [9.17, 15) is 4.79 Å². The van der Waals surface area contributed by atoms with Crippen LogP contribution in [-0.4, -0.2) is 21.1 Å². The zero-order valence-electron chi connectivity index (χ0n) is 11.8. The molecule has 0 radical (unpaired) electrons.